The van der Waals surface area contributed by atoms with E-state index in [9.17, 15) is 10.2 Å². The molecule has 1 aromatic heterocycles. The number of nitrogens with zero attached hydrogens (tertiary/aromatic N) is 5. The highest BCUT2D eigenvalue weighted by molar-refractivity contribution is 4.90. The van der Waals surface area contributed by atoms with Crippen LogP contribution in [0.25, 0.3) is 0 Å². The maximum absolute atomic E-state index is 9.69. The van der Waals surface area contributed by atoms with Crippen LogP contribution < -0.4 is 0 Å². The molecule has 2 heterocycles. The van der Waals surface area contributed by atoms with Crippen molar-refractivity contribution in [3.8, 4) is 0 Å². The predicted molar refractivity (Wildman–Crippen MR) is 87.9 cm³/mol. The van der Waals surface area contributed by atoms with Crippen LogP contribution in [0, 0.1) is 0 Å². The Morgan fingerprint density at radius 3 is 1.83 bits per heavy atom. The van der Waals surface area contributed by atoms with Crippen LogP contribution in [-0.2, 0) is 6.54 Å². The van der Waals surface area contributed by atoms with E-state index in [4.69, 9.17) is 0 Å². The number of β-amino-alcohol motifs (C(OH)–C–C–N with tert-alkyl or cyclic N) is 2. The summed E-state index contributed by atoms with van der Waals surface area (Å²) in [6.07, 6.45) is 1.10. The van der Waals surface area contributed by atoms with Gasteiger partial charge in [0.2, 0.25) is 0 Å². The van der Waals surface area contributed by atoms with Gasteiger partial charge in [0, 0.05) is 58.9 Å². The molecule has 1 saturated heterocycles. The minimum absolute atomic E-state index is 0.329. The topological polar surface area (TPSA) is 91.8 Å². The summed E-state index contributed by atoms with van der Waals surface area (Å²) in [6.45, 7) is 11.3. The molecule has 0 aromatic carbocycles. The Balaban J connectivity index is 1.97. The van der Waals surface area contributed by atoms with Crippen LogP contribution >= 0.6 is 0 Å². The second-order valence-corrected chi connectivity index (χ2v) is 6.54. The average Bonchev–Trinajstić information content (AvgIpc) is 2.99. The van der Waals surface area contributed by atoms with Gasteiger partial charge >= 0.3 is 0 Å². The summed E-state index contributed by atoms with van der Waals surface area (Å²) in [5.41, 5.74) is 0.938. The van der Waals surface area contributed by atoms with Gasteiger partial charge in [0.05, 0.1) is 24.1 Å². The van der Waals surface area contributed by atoms with Gasteiger partial charge in [-0.3, -0.25) is 14.7 Å². The van der Waals surface area contributed by atoms with Crippen LogP contribution in [-0.4, -0.2) is 105 Å². The molecule has 2 rings (SSSR count). The smallest absolute Gasteiger partial charge is 0.0964 e. The van der Waals surface area contributed by atoms with Crippen molar-refractivity contribution >= 4 is 0 Å². The van der Waals surface area contributed by atoms with E-state index in [2.05, 4.69) is 30.1 Å². The highest BCUT2D eigenvalue weighted by Gasteiger charge is 2.18. The molecule has 3 N–H and O–H groups in total. The van der Waals surface area contributed by atoms with Gasteiger partial charge in [-0.2, -0.15) is 15.4 Å². The molecule has 0 saturated carbocycles. The summed E-state index contributed by atoms with van der Waals surface area (Å²) >= 11 is 0. The van der Waals surface area contributed by atoms with E-state index < -0.39 is 0 Å². The van der Waals surface area contributed by atoms with Crippen molar-refractivity contribution in [1.29, 1.82) is 0 Å². The molecule has 23 heavy (non-hydrogen) atoms. The summed E-state index contributed by atoms with van der Waals surface area (Å²) < 4.78 is 0. The molecule has 2 unspecified atom stereocenters. The zero-order valence-electron chi connectivity index (χ0n) is 14.2. The molecule has 1 aliphatic rings. The number of nitrogens with one attached hydrogen (secondary N) is 1. The summed E-state index contributed by atoms with van der Waals surface area (Å²) in [4.78, 5) is 6.94. The van der Waals surface area contributed by atoms with E-state index in [0.717, 1.165) is 51.5 Å². The Morgan fingerprint density at radius 1 is 0.957 bits per heavy atom. The van der Waals surface area contributed by atoms with E-state index in [0.29, 0.717) is 13.1 Å². The third kappa shape index (κ3) is 6.92. The van der Waals surface area contributed by atoms with Crippen LogP contribution in [0.4, 0.5) is 0 Å². The van der Waals surface area contributed by atoms with Gasteiger partial charge in [-0.1, -0.05) is 0 Å². The van der Waals surface area contributed by atoms with Gasteiger partial charge < -0.3 is 10.2 Å². The van der Waals surface area contributed by atoms with Crippen molar-refractivity contribution in [3.05, 3.63) is 11.9 Å². The molecule has 0 bridgehead atoms. The van der Waals surface area contributed by atoms with Crippen molar-refractivity contribution in [2.75, 3.05) is 52.4 Å². The first-order valence-corrected chi connectivity index (χ1v) is 8.40. The Labute approximate surface area is 138 Å². The fraction of sp³-hybridized carbons (Fsp3) is 0.867. The number of hydrogen-bond acceptors (Lipinski definition) is 7. The number of hydrogen-bond donors (Lipinski definition) is 3. The van der Waals surface area contributed by atoms with E-state index in [1.807, 2.05) is 13.8 Å². The monoisotopic (exact) mass is 326 g/mol. The number of aromatic amines is 1. The van der Waals surface area contributed by atoms with Gasteiger partial charge in [-0.05, 0) is 13.8 Å². The van der Waals surface area contributed by atoms with Crippen LogP contribution in [0.1, 0.15) is 19.5 Å². The molecule has 1 aromatic rings. The molecular formula is C15H30N6O2. The van der Waals surface area contributed by atoms with Crippen molar-refractivity contribution < 1.29 is 10.2 Å². The molecule has 8 nitrogen and oxygen atoms in total. The maximum atomic E-state index is 9.69. The first-order chi connectivity index (χ1) is 11.0. The zero-order valence-corrected chi connectivity index (χ0v) is 14.2. The minimum atomic E-state index is -0.329. The van der Waals surface area contributed by atoms with Crippen LogP contribution in [0.2, 0.25) is 0 Å². The van der Waals surface area contributed by atoms with Crippen molar-refractivity contribution in [2.45, 2.75) is 32.6 Å². The normalized spacial score (nSPS) is 22.3. The van der Waals surface area contributed by atoms with Gasteiger partial charge in [0.25, 0.3) is 0 Å². The van der Waals surface area contributed by atoms with E-state index >= 15 is 0 Å². The summed E-state index contributed by atoms with van der Waals surface area (Å²) in [5.74, 6) is 0. The third-order valence-corrected chi connectivity index (χ3v) is 4.09. The lowest BCUT2D eigenvalue weighted by Gasteiger charge is -2.27. The Kier molecular flexibility index (Phi) is 7.38. The Bertz CT molecular complexity index is 404. The summed E-state index contributed by atoms with van der Waals surface area (Å²) in [7, 11) is 0. The molecule has 1 aliphatic heterocycles. The lowest BCUT2D eigenvalue weighted by molar-refractivity contribution is 0.102. The first-order valence-electron chi connectivity index (χ1n) is 8.40. The summed E-state index contributed by atoms with van der Waals surface area (Å²) in [6, 6.07) is 0. The molecule has 0 aliphatic carbocycles. The lowest BCUT2D eigenvalue weighted by Crippen LogP contribution is -2.41. The molecule has 1 fully saturated rings. The standard InChI is InChI=1S/C15H30N6O2/c1-13(22)10-19-3-4-20(11-14(2)23)6-8-21(7-5-19)12-15-9-16-18-17-15/h9,13-14,22-23H,3-8,10-12H2,1-2H3,(H,16,17,18). The van der Waals surface area contributed by atoms with E-state index in [1.54, 1.807) is 6.20 Å². The zero-order chi connectivity index (χ0) is 16.7. The number of rotatable bonds is 6. The maximum Gasteiger partial charge on any atom is 0.0964 e. The predicted octanol–water partition coefficient (Wildman–Crippen LogP) is -1.01. The second kappa shape index (κ2) is 9.29. The molecule has 132 valence electrons. The molecule has 0 spiro atoms. The number of H-pyrrole nitrogens is 1. The SMILES string of the molecule is CC(O)CN1CCN(Cc2cn[nH]n2)CCN(CC(C)O)CC1. The average molecular weight is 326 g/mol. The number of aliphatic hydroxyl groups excluding tert-OH is 2. The molecule has 0 radical (unpaired) electrons. The second-order valence-electron chi connectivity index (χ2n) is 6.54. The van der Waals surface area contributed by atoms with Crippen LogP contribution in [0.3, 0.4) is 0 Å². The van der Waals surface area contributed by atoms with Crippen LogP contribution in [0.15, 0.2) is 6.20 Å². The van der Waals surface area contributed by atoms with Gasteiger partial charge in [-0.15, -0.1) is 0 Å². The van der Waals surface area contributed by atoms with Gasteiger partial charge in [0.1, 0.15) is 0 Å². The van der Waals surface area contributed by atoms with Gasteiger partial charge in [0.15, 0.2) is 0 Å². The molecule has 2 atom stereocenters. The van der Waals surface area contributed by atoms with E-state index in [-0.39, 0.29) is 12.2 Å². The fourth-order valence-electron chi connectivity index (χ4n) is 2.99. The number of aliphatic hydroxyl groups is 2. The molecular weight excluding hydrogens is 296 g/mol. The minimum Gasteiger partial charge on any atom is -0.392 e. The Hall–Kier alpha value is -1.06. The highest BCUT2D eigenvalue weighted by atomic mass is 16.3. The quantitative estimate of drug-likeness (QED) is 0.617. The first kappa shape index (κ1) is 18.3. The van der Waals surface area contributed by atoms with Crippen molar-refractivity contribution in [2.24, 2.45) is 0 Å². The Morgan fingerprint density at radius 2 is 1.43 bits per heavy atom. The van der Waals surface area contributed by atoms with E-state index in [1.165, 1.54) is 0 Å². The molecule has 0 amide bonds. The third-order valence-electron chi connectivity index (χ3n) is 4.09. The summed E-state index contributed by atoms with van der Waals surface area (Å²) in [5, 5.41) is 30.0. The van der Waals surface area contributed by atoms with Gasteiger partial charge in [-0.25, -0.2) is 0 Å². The highest BCUT2D eigenvalue weighted by Crippen LogP contribution is 2.05. The van der Waals surface area contributed by atoms with Crippen molar-refractivity contribution in [1.82, 2.24) is 30.1 Å². The van der Waals surface area contributed by atoms with Crippen molar-refractivity contribution in [3.63, 3.8) is 0 Å². The van der Waals surface area contributed by atoms with Crippen LogP contribution in [0.5, 0.6) is 0 Å². The lowest BCUT2D eigenvalue weighted by atomic mass is 10.3. The fourth-order valence-corrected chi connectivity index (χ4v) is 2.99. The number of aromatic nitrogens is 3. The largest absolute Gasteiger partial charge is 0.392 e. The molecule has 8 heteroatoms.